The number of ketones is 1. The van der Waals surface area contributed by atoms with E-state index in [0.29, 0.717) is 33.9 Å². The molecule has 5 nitrogen and oxygen atoms in total. The van der Waals surface area contributed by atoms with Gasteiger partial charge in [0.15, 0.2) is 17.3 Å². The Bertz CT molecular complexity index is 923. The topological polar surface area (TPSA) is 60.6 Å². The van der Waals surface area contributed by atoms with Gasteiger partial charge >= 0.3 is 0 Å². The van der Waals surface area contributed by atoms with Crippen LogP contribution in [0.25, 0.3) is 11.1 Å². The summed E-state index contributed by atoms with van der Waals surface area (Å²) in [5, 5.41) is 0. The fourth-order valence-electron chi connectivity index (χ4n) is 2.82. The lowest BCUT2D eigenvalue weighted by atomic mass is 9.97. The Kier molecular flexibility index (Phi) is 4.93. The van der Waals surface area contributed by atoms with Gasteiger partial charge in [0.2, 0.25) is 5.75 Å². The molecule has 0 aliphatic carbocycles. The molecule has 134 valence electrons. The molecule has 0 aliphatic heterocycles. The molecule has 0 spiro atoms. The molecule has 6 heteroatoms. The average molecular weight is 355 g/mol. The summed E-state index contributed by atoms with van der Waals surface area (Å²) in [6, 6.07) is 9.37. The van der Waals surface area contributed by atoms with E-state index in [1.807, 2.05) is 0 Å². The predicted molar refractivity (Wildman–Crippen MR) is 95.7 cm³/mol. The van der Waals surface area contributed by atoms with Crippen LogP contribution < -0.4 is 14.2 Å². The van der Waals surface area contributed by atoms with E-state index in [0.717, 1.165) is 0 Å². The number of halogens is 1. The molecule has 0 bridgehead atoms. The summed E-state index contributed by atoms with van der Waals surface area (Å²) in [6.07, 6.45) is 3.22. The highest BCUT2D eigenvalue weighted by Crippen LogP contribution is 2.42. The molecule has 0 radical (unpaired) electrons. The Morgan fingerprint density at radius 3 is 2.15 bits per heavy atom. The number of ether oxygens (including phenoxy) is 3. The fraction of sp³-hybridized carbons (Fsp3) is 0.150. The molecule has 0 aliphatic rings. The van der Waals surface area contributed by atoms with Crippen molar-refractivity contribution in [2.75, 3.05) is 21.3 Å². The Morgan fingerprint density at radius 1 is 0.923 bits per heavy atom. The second-order valence-electron chi connectivity index (χ2n) is 5.51. The Balaban J connectivity index is 2.12. The van der Waals surface area contributed by atoms with E-state index >= 15 is 0 Å². The monoisotopic (exact) mass is 355 g/mol. The Labute approximate surface area is 150 Å². The second kappa shape index (κ2) is 7.31. The summed E-state index contributed by atoms with van der Waals surface area (Å²) in [4.78, 5) is 15.7. The first-order valence-electron chi connectivity index (χ1n) is 7.87. The number of rotatable bonds is 6. The number of methoxy groups -OCH3 is 3. The summed E-state index contributed by atoms with van der Waals surface area (Å²) >= 11 is 0. The number of aromatic nitrogens is 1. The average Bonchev–Trinajstić information content (AvgIpc) is 3.16. The number of carbonyl (C=O) groups excluding carboxylic acids is 1. The van der Waals surface area contributed by atoms with Crippen LogP contribution in [0.3, 0.4) is 0 Å². The van der Waals surface area contributed by atoms with Gasteiger partial charge in [-0.05, 0) is 29.8 Å². The molecule has 3 aromatic rings. The van der Waals surface area contributed by atoms with Gasteiger partial charge in [-0.15, -0.1) is 0 Å². The largest absolute Gasteiger partial charge is 0.493 e. The Morgan fingerprint density at radius 2 is 1.58 bits per heavy atom. The van der Waals surface area contributed by atoms with Gasteiger partial charge < -0.3 is 19.2 Å². The van der Waals surface area contributed by atoms with E-state index in [2.05, 4.69) is 4.98 Å². The van der Waals surface area contributed by atoms with Crippen molar-refractivity contribution in [2.45, 2.75) is 0 Å². The first kappa shape index (κ1) is 17.5. The minimum absolute atomic E-state index is 0.0146. The molecule has 1 N–H and O–H groups in total. The number of hydrogen-bond donors (Lipinski definition) is 1. The lowest BCUT2D eigenvalue weighted by Crippen LogP contribution is -2.04. The van der Waals surface area contributed by atoms with Crippen molar-refractivity contribution < 1.29 is 23.4 Å². The molecule has 0 saturated carbocycles. The van der Waals surface area contributed by atoms with Gasteiger partial charge in [-0.1, -0.05) is 12.1 Å². The van der Waals surface area contributed by atoms with Crippen LogP contribution >= 0.6 is 0 Å². The molecule has 1 aromatic heterocycles. The van der Waals surface area contributed by atoms with Crippen molar-refractivity contribution in [3.05, 3.63) is 65.7 Å². The van der Waals surface area contributed by atoms with Gasteiger partial charge in [0.25, 0.3) is 0 Å². The van der Waals surface area contributed by atoms with Crippen LogP contribution in [0.2, 0.25) is 0 Å². The molecule has 2 aromatic carbocycles. The molecule has 26 heavy (non-hydrogen) atoms. The summed E-state index contributed by atoms with van der Waals surface area (Å²) in [6.45, 7) is 0. The zero-order chi connectivity index (χ0) is 18.7. The first-order valence-corrected chi connectivity index (χ1v) is 7.87. The Hall–Kier alpha value is -3.28. The van der Waals surface area contributed by atoms with E-state index in [9.17, 15) is 9.18 Å². The van der Waals surface area contributed by atoms with E-state index in [1.165, 1.54) is 33.5 Å². The number of nitrogens with one attached hydrogen (secondary N) is 1. The molecule has 0 unspecified atom stereocenters. The van der Waals surface area contributed by atoms with Gasteiger partial charge in [-0.25, -0.2) is 4.39 Å². The number of H-pyrrole nitrogens is 1. The van der Waals surface area contributed by atoms with Crippen LogP contribution in [0.15, 0.2) is 48.8 Å². The van der Waals surface area contributed by atoms with Crippen LogP contribution in [-0.4, -0.2) is 32.1 Å². The van der Waals surface area contributed by atoms with Gasteiger partial charge in [-0.3, -0.25) is 4.79 Å². The van der Waals surface area contributed by atoms with Crippen molar-refractivity contribution in [2.24, 2.45) is 0 Å². The maximum absolute atomic E-state index is 14.0. The van der Waals surface area contributed by atoms with Gasteiger partial charge in [-0.2, -0.15) is 0 Å². The highest BCUT2D eigenvalue weighted by Gasteiger charge is 2.21. The van der Waals surface area contributed by atoms with Gasteiger partial charge in [0.05, 0.1) is 26.9 Å². The molecule has 0 saturated heterocycles. The standard InChI is InChI=1S/C20H18FNO4/c1-24-17-8-12(9-18(25-2)20(17)26-3)14-10-22-11-15(14)19(23)13-6-4-5-7-16(13)21/h4-11,22H,1-3H3. The summed E-state index contributed by atoms with van der Waals surface area (Å²) in [5.74, 6) is 0.415. The zero-order valence-corrected chi connectivity index (χ0v) is 14.6. The normalized spacial score (nSPS) is 10.5. The minimum atomic E-state index is -0.561. The predicted octanol–water partition coefficient (Wildman–Crippen LogP) is 4.08. The molecule has 0 amide bonds. The third-order valence-electron chi connectivity index (χ3n) is 4.08. The van der Waals surface area contributed by atoms with Gasteiger partial charge in [0.1, 0.15) is 5.82 Å². The lowest BCUT2D eigenvalue weighted by Gasteiger charge is -2.14. The lowest BCUT2D eigenvalue weighted by molar-refractivity contribution is 0.103. The van der Waals surface area contributed by atoms with Crippen LogP contribution in [0, 0.1) is 5.82 Å². The van der Waals surface area contributed by atoms with Crippen LogP contribution in [0.4, 0.5) is 4.39 Å². The number of carbonyl (C=O) groups is 1. The van der Waals surface area contributed by atoms with Crippen LogP contribution in [0.1, 0.15) is 15.9 Å². The highest BCUT2D eigenvalue weighted by atomic mass is 19.1. The van der Waals surface area contributed by atoms with E-state index in [1.54, 1.807) is 36.7 Å². The third-order valence-corrected chi connectivity index (χ3v) is 4.08. The summed E-state index contributed by atoms with van der Waals surface area (Å²) in [5.41, 5.74) is 1.66. The van der Waals surface area contributed by atoms with E-state index < -0.39 is 11.6 Å². The molecule has 0 atom stereocenters. The van der Waals surface area contributed by atoms with Crippen molar-refractivity contribution in [1.29, 1.82) is 0 Å². The van der Waals surface area contributed by atoms with Crippen molar-refractivity contribution in [3.63, 3.8) is 0 Å². The SMILES string of the molecule is COc1cc(-c2c[nH]cc2C(=O)c2ccccc2F)cc(OC)c1OC. The molecule has 0 fully saturated rings. The second-order valence-corrected chi connectivity index (χ2v) is 5.51. The maximum Gasteiger partial charge on any atom is 0.203 e. The summed E-state index contributed by atoms with van der Waals surface area (Å²) < 4.78 is 30.1. The number of hydrogen-bond acceptors (Lipinski definition) is 4. The van der Waals surface area contributed by atoms with Gasteiger partial charge in [0, 0.05) is 23.5 Å². The van der Waals surface area contributed by atoms with Crippen molar-refractivity contribution >= 4 is 5.78 Å². The van der Waals surface area contributed by atoms with E-state index in [-0.39, 0.29) is 5.56 Å². The van der Waals surface area contributed by atoms with Crippen LogP contribution in [0.5, 0.6) is 17.2 Å². The summed E-state index contributed by atoms with van der Waals surface area (Å²) in [7, 11) is 4.55. The van der Waals surface area contributed by atoms with E-state index in [4.69, 9.17) is 14.2 Å². The fourth-order valence-corrected chi connectivity index (χ4v) is 2.82. The molecule has 3 rings (SSSR count). The number of aromatic amines is 1. The quantitative estimate of drug-likeness (QED) is 0.677. The van der Waals surface area contributed by atoms with Crippen LogP contribution in [-0.2, 0) is 0 Å². The van der Waals surface area contributed by atoms with Crippen molar-refractivity contribution in [3.8, 4) is 28.4 Å². The first-order chi connectivity index (χ1) is 12.6. The van der Waals surface area contributed by atoms with Crippen molar-refractivity contribution in [1.82, 2.24) is 4.98 Å². The maximum atomic E-state index is 14.0. The third kappa shape index (κ3) is 3.01. The highest BCUT2D eigenvalue weighted by molar-refractivity contribution is 6.13. The number of benzene rings is 2. The molecule has 1 heterocycles. The molecular weight excluding hydrogens is 337 g/mol. The molecular formula is C20H18FNO4. The smallest absolute Gasteiger partial charge is 0.203 e. The minimum Gasteiger partial charge on any atom is -0.493 e. The zero-order valence-electron chi connectivity index (χ0n) is 14.6.